The monoisotopic (exact) mass is 274 g/mol. The lowest BCUT2D eigenvalue weighted by Gasteiger charge is -2.55. The van der Waals surface area contributed by atoms with Gasteiger partial charge in [-0.2, -0.15) is 0 Å². The molecule has 5 atom stereocenters. The van der Waals surface area contributed by atoms with Gasteiger partial charge in [0, 0.05) is 0 Å². The average Bonchev–Trinajstić information content (AvgIpc) is 2.59. The highest BCUT2D eigenvalue weighted by molar-refractivity contribution is 5.08. The van der Waals surface area contributed by atoms with Crippen LogP contribution in [0.2, 0.25) is 0 Å². The number of allylic oxidation sites excluding steroid dienone is 2. The molecular formula is C20H34. The Morgan fingerprint density at radius 2 is 1.95 bits per heavy atom. The van der Waals surface area contributed by atoms with Crippen LogP contribution in [0, 0.1) is 28.6 Å². The van der Waals surface area contributed by atoms with Crippen molar-refractivity contribution in [1.82, 2.24) is 0 Å². The van der Waals surface area contributed by atoms with Gasteiger partial charge in [-0.05, 0) is 93.8 Å². The molecule has 1 spiro atoms. The molecule has 0 amide bonds. The number of rotatable bonds is 3. The van der Waals surface area contributed by atoms with E-state index < -0.39 is 0 Å². The van der Waals surface area contributed by atoms with E-state index in [1.165, 1.54) is 37.7 Å². The quantitative estimate of drug-likeness (QED) is 0.525. The van der Waals surface area contributed by atoms with Crippen LogP contribution in [-0.4, -0.2) is 0 Å². The van der Waals surface area contributed by atoms with Gasteiger partial charge in [-0.1, -0.05) is 31.9 Å². The second kappa shape index (κ2) is 5.18. The molecule has 0 N–H and O–H groups in total. The van der Waals surface area contributed by atoms with Crippen molar-refractivity contribution in [2.24, 2.45) is 28.6 Å². The predicted octanol–water partition coefficient (Wildman–Crippen LogP) is 6.37. The second-order valence-corrected chi connectivity index (χ2v) is 8.97. The van der Waals surface area contributed by atoms with E-state index in [1.807, 2.05) is 0 Å². The van der Waals surface area contributed by atoms with Crippen LogP contribution in [0.1, 0.15) is 85.5 Å². The van der Waals surface area contributed by atoms with Crippen LogP contribution in [0.3, 0.4) is 0 Å². The first kappa shape index (κ1) is 14.7. The zero-order valence-electron chi connectivity index (χ0n) is 14.2. The predicted molar refractivity (Wildman–Crippen MR) is 87.7 cm³/mol. The molecule has 0 aromatic rings. The molecule has 0 aromatic heterocycles. The van der Waals surface area contributed by atoms with E-state index >= 15 is 0 Å². The first-order valence-corrected chi connectivity index (χ1v) is 9.09. The summed E-state index contributed by atoms with van der Waals surface area (Å²) in [7, 11) is 0. The molecule has 0 saturated heterocycles. The fraction of sp³-hybridized carbons (Fsp3) is 0.900. The van der Waals surface area contributed by atoms with Crippen molar-refractivity contribution >= 4 is 0 Å². The van der Waals surface area contributed by atoms with Crippen LogP contribution >= 0.6 is 0 Å². The summed E-state index contributed by atoms with van der Waals surface area (Å²) in [6.45, 7) is 9.67. The minimum absolute atomic E-state index is 0.638. The Labute approximate surface area is 126 Å². The Balaban J connectivity index is 1.77. The van der Waals surface area contributed by atoms with Gasteiger partial charge in [-0.25, -0.2) is 0 Å². The van der Waals surface area contributed by atoms with Gasteiger partial charge >= 0.3 is 0 Å². The number of fused-ring (bicyclic) bond motifs is 1. The summed E-state index contributed by atoms with van der Waals surface area (Å²) in [6, 6.07) is 0. The molecule has 20 heavy (non-hydrogen) atoms. The SMILES string of the molecule is CC(C)=CCCC1(C)CCCC23CC(C)C(CC[C@@H]12)C3. The summed E-state index contributed by atoms with van der Waals surface area (Å²) in [4.78, 5) is 0. The number of hydrogen-bond acceptors (Lipinski definition) is 0. The zero-order chi connectivity index (χ0) is 14.4. The third kappa shape index (κ3) is 2.38. The Bertz CT molecular complexity index is 385. The minimum atomic E-state index is 0.638. The molecule has 0 nitrogen and oxygen atoms in total. The molecular weight excluding hydrogens is 240 g/mol. The normalized spacial score (nSPS) is 46.9. The molecule has 0 aliphatic heterocycles. The van der Waals surface area contributed by atoms with Crippen LogP contribution in [0.25, 0.3) is 0 Å². The van der Waals surface area contributed by atoms with Gasteiger partial charge in [0.05, 0.1) is 0 Å². The third-order valence-corrected chi connectivity index (χ3v) is 7.30. The van der Waals surface area contributed by atoms with Crippen molar-refractivity contribution in [2.45, 2.75) is 85.5 Å². The Morgan fingerprint density at radius 1 is 1.15 bits per heavy atom. The van der Waals surface area contributed by atoms with Crippen LogP contribution in [0.5, 0.6) is 0 Å². The highest BCUT2D eigenvalue weighted by Crippen LogP contribution is 2.67. The van der Waals surface area contributed by atoms with Crippen molar-refractivity contribution in [3.05, 3.63) is 11.6 Å². The van der Waals surface area contributed by atoms with E-state index in [0.717, 1.165) is 23.2 Å². The van der Waals surface area contributed by atoms with Crippen molar-refractivity contribution in [2.75, 3.05) is 0 Å². The van der Waals surface area contributed by atoms with Crippen molar-refractivity contribution in [1.29, 1.82) is 0 Å². The first-order chi connectivity index (χ1) is 9.45. The molecule has 2 bridgehead atoms. The fourth-order valence-corrected chi connectivity index (χ4v) is 6.45. The molecule has 3 fully saturated rings. The standard InChI is InChI=1S/C20H34/c1-15(2)7-5-10-19(4)11-6-12-20-13-16(3)17(14-20)8-9-18(19)20/h7,16-18H,5-6,8-14H2,1-4H3/t16?,17?,18-,19?,20?/m0/s1. The van der Waals surface area contributed by atoms with Gasteiger partial charge in [0.25, 0.3) is 0 Å². The maximum absolute atomic E-state index is 2.64. The highest BCUT2D eigenvalue weighted by Gasteiger charge is 2.57. The molecule has 0 aromatic carbocycles. The van der Waals surface area contributed by atoms with E-state index in [-0.39, 0.29) is 0 Å². The molecule has 0 heteroatoms. The van der Waals surface area contributed by atoms with Crippen molar-refractivity contribution in [3.63, 3.8) is 0 Å². The lowest BCUT2D eigenvalue weighted by atomic mass is 9.50. The Kier molecular flexibility index (Phi) is 3.80. The summed E-state index contributed by atoms with van der Waals surface area (Å²) in [5.41, 5.74) is 2.90. The molecule has 0 radical (unpaired) electrons. The van der Waals surface area contributed by atoms with Gasteiger partial charge in [0.15, 0.2) is 0 Å². The largest absolute Gasteiger partial charge is 0.0859 e. The molecule has 3 saturated carbocycles. The molecule has 4 unspecified atom stereocenters. The number of hydrogen-bond donors (Lipinski definition) is 0. The van der Waals surface area contributed by atoms with Gasteiger partial charge < -0.3 is 0 Å². The van der Waals surface area contributed by atoms with Gasteiger partial charge in [0.1, 0.15) is 0 Å². The summed E-state index contributed by atoms with van der Waals surface area (Å²) in [6.07, 6.45) is 16.0. The average molecular weight is 274 g/mol. The van der Waals surface area contributed by atoms with E-state index in [4.69, 9.17) is 0 Å². The molecule has 3 aliphatic rings. The molecule has 0 heterocycles. The van der Waals surface area contributed by atoms with E-state index in [1.54, 1.807) is 25.7 Å². The van der Waals surface area contributed by atoms with Gasteiger partial charge in [-0.15, -0.1) is 0 Å². The van der Waals surface area contributed by atoms with E-state index in [2.05, 4.69) is 33.8 Å². The summed E-state index contributed by atoms with van der Waals surface area (Å²) in [5.74, 6) is 3.13. The first-order valence-electron chi connectivity index (χ1n) is 9.09. The van der Waals surface area contributed by atoms with Crippen LogP contribution in [-0.2, 0) is 0 Å². The van der Waals surface area contributed by atoms with E-state index in [9.17, 15) is 0 Å². The van der Waals surface area contributed by atoms with Crippen molar-refractivity contribution < 1.29 is 0 Å². The topological polar surface area (TPSA) is 0 Å². The summed E-state index contributed by atoms with van der Waals surface area (Å²) >= 11 is 0. The highest BCUT2D eigenvalue weighted by atomic mass is 14.6. The van der Waals surface area contributed by atoms with Crippen molar-refractivity contribution in [3.8, 4) is 0 Å². The lowest BCUT2D eigenvalue weighted by molar-refractivity contribution is -0.0480. The fourth-order valence-electron chi connectivity index (χ4n) is 6.45. The third-order valence-electron chi connectivity index (χ3n) is 7.30. The van der Waals surface area contributed by atoms with Gasteiger partial charge in [-0.3, -0.25) is 0 Å². The minimum Gasteiger partial charge on any atom is -0.0859 e. The van der Waals surface area contributed by atoms with E-state index in [0.29, 0.717) is 5.41 Å². The maximum atomic E-state index is 2.64. The second-order valence-electron chi connectivity index (χ2n) is 8.97. The van der Waals surface area contributed by atoms with Gasteiger partial charge in [0.2, 0.25) is 0 Å². The molecule has 114 valence electrons. The molecule has 3 aliphatic carbocycles. The zero-order valence-corrected chi connectivity index (χ0v) is 14.2. The van der Waals surface area contributed by atoms with Crippen LogP contribution in [0.4, 0.5) is 0 Å². The maximum Gasteiger partial charge on any atom is -0.0259 e. The Morgan fingerprint density at radius 3 is 2.70 bits per heavy atom. The summed E-state index contributed by atoms with van der Waals surface area (Å²) < 4.78 is 0. The van der Waals surface area contributed by atoms with Crippen LogP contribution < -0.4 is 0 Å². The summed E-state index contributed by atoms with van der Waals surface area (Å²) in [5, 5.41) is 0. The lowest BCUT2D eigenvalue weighted by Crippen LogP contribution is -2.45. The Hall–Kier alpha value is -0.260. The van der Waals surface area contributed by atoms with Crippen LogP contribution in [0.15, 0.2) is 11.6 Å². The smallest absolute Gasteiger partial charge is 0.0259 e. The molecule has 3 rings (SSSR count).